The average Bonchev–Trinajstić information content (AvgIpc) is 3.24. The third-order valence-corrected chi connectivity index (χ3v) is 6.16. The summed E-state index contributed by atoms with van der Waals surface area (Å²) in [6, 6.07) is 16.8. The van der Waals surface area contributed by atoms with Gasteiger partial charge in [-0.15, -0.1) is 0 Å². The predicted molar refractivity (Wildman–Crippen MR) is 116 cm³/mol. The number of aromatic nitrogens is 2. The van der Waals surface area contributed by atoms with Crippen molar-refractivity contribution in [2.24, 2.45) is 5.92 Å². The zero-order valence-electron chi connectivity index (χ0n) is 16.6. The third-order valence-electron chi connectivity index (χ3n) is 6.16. The number of anilines is 1. The Morgan fingerprint density at radius 3 is 2.79 bits per heavy atom. The smallest absolute Gasteiger partial charge is 0.225 e. The second-order valence-electron chi connectivity index (χ2n) is 8.20. The van der Waals surface area contributed by atoms with Crippen molar-refractivity contribution >= 4 is 22.6 Å². The highest BCUT2D eigenvalue weighted by Crippen LogP contribution is 2.27. The number of carbonyl (C=O) groups is 1. The highest BCUT2D eigenvalue weighted by atomic mass is 16.2. The maximum atomic E-state index is 12.1. The van der Waals surface area contributed by atoms with Crippen LogP contribution in [0.25, 0.3) is 22.0 Å². The summed E-state index contributed by atoms with van der Waals surface area (Å²) >= 11 is 0. The number of nitrogens with zero attached hydrogens (tertiary/aromatic N) is 4. The monoisotopic (exact) mass is 386 g/mol. The summed E-state index contributed by atoms with van der Waals surface area (Å²) in [4.78, 5) is 25.8. The zero-order chi connectivity index (χ0) is 19.6. The molecule has 1 atom stereocenters. The first-order valence-corrected chi connectivity index (χ1v) is 10.6. The summed E-state index contributed by atoms with van der Waals surface area (Å²) in [6.07, 6.45) is 5.84. The zero-order valence-corrected chi connectivity index (χ0v) is 16.6. The first-order valence-electron chi connectivity index (χ1n) is 10.6. The van der Waals surface area contributed by atoms with Crippen molar-refractivity contribution in [3.05, 3.63) is 54.7 Å². The Morgan fingerprint density at radius 2 is 1.90 bits per heavy atom. The molecule has 2 saturated heterocycles. The van der Waals surface area contributed by atoms with Crippen LogP contribution in [-0.4, -0.2) is 47.0 Å². The molecule has 1 unspecified atom stereocenters. The van der Waals surface area contributed by atoms with Crippen LogP contribution in [-0.2, 0) is 4.79 Å². The Kier molecular flexibility index (Phi) is 4.88. The van der Waals surface area contributed by atoms with E-state index in [1.165, 1.54) is 10.8 Å². The minimum Gasteiger partial charge on any atom is -0.342 e. The molecule has 1 aromatic heterocycles. The maximum Gasteiger partial charge on any atom is 0.225 e. The van der Waals surface area contributed by atoms with Crippen molar-refractivity contribution in [2.45, 2.75) is 25.7 Å². The van der Waals surface area contributed by atoms with Crippen LogP contribution < -0.4 is 4.90 Å². The number of carbonyl (C=O) groups excluding carboxylic acids is 1. The largest absolute Gasteiger partial charge is 0.342 e. The van der Waals surface area contributed by atoms with Crippen molar-refractivity contribution in [1.82, 2.24) is 14.9 Å². The molecule has 148 valence electrons. The summed E-state index contributed by atoms with van der Waals surface area (Å²) < 4.78 is 0. The summed E-state index contributed by atoms with van der Waals surface area (Å²) in [6.45, 7) is 3.67. The minimum absolute atomic E-state index is 0.323. The summed E-state index contributed by atoms with van der Waals surface area (Å²) in [5.74, 6) is 1.62. The quantitative estimate of drug-likeness (QED) is 0.676. The van der Waals surface area contributed by atoms with Gasteiger partial charge in [0.25, 0.3) is 0 Å². The van der Waals surface area contributed by atoms with Crippen molar-refractivity contribution in [3.8, 4) is 11.3 Å². The standard InChI is InChI=1S/C24H26N4O/c29-23-7-3-4-13-27(23)16-18-11-14-28(17-18)24-25-12-10-22(26-24)21-9-8-19-5-1-2-6-20(19)15-21/h1-2,5-6,8-10,12,15,18H,3-4,7,11,13-14,16-17H2. The van der Waals surface area contributed by atoms with Gasteiger partial charge in [0.1, 0.15) is 0 Å². The summed E-state index contributed by atoms with van der Waals surface area (Å²) in [5.41, 5.74) is 2.07. The van der Waals surface area contributed by atoms with Gasteiger partial charge in [0.2, 0.25) is 11.9 Å². The van der Waals surface area contributed by atoms with Crippen LogP contribution in [0.3, 0.4) is 0 Å². The summed E-state index contributed by atoms with van der Waals surface area (Å²) in [5, 5.41) is 2.46. The van der Waals surface area contributed by atoms with Gasteiger partial charge in [-0.3, -0.25) is 4.79 Å². The van der Waals surface area contributed by atoms with E-state index in [1.807, 2.05) is 12.3 Å². The molecule has 1 amide bonds. The van der Waals surface area contributed by atoms with E-state index in [9.17, 15) is 4.79 Å². The molecule has 3 heterocycles. The Labute approximate surface area is 171 Å². The lowest BCUT2D eigenvalue weighted by atomic mass is 10.1. The lowest BCUT2D eigenvalue weighted by Gasteiger charge is -2.29. The van der Waals surface area contributed by atoms with Gasteiger partial charge in [-0.25, -0.2) is 9.97 Å². The van der Waals surface area contributed by atoms with Crippen LogP contribution in [0.1, 0.15) is 25.7 Å². The van der Waals surface area contributed by atoms with Crippen LogP contribution in [0.4, 0.5) is 5.95 Å². The first-order chi connectivity index (χ1) is 14.3. The molecule has 2 aliphatic heterocycles. The molecule has 0 saturated carbocycles. The fourth-order valence-electron chi connectivity index (χ4n) is 4.54. The third kappa shape index (κ3) is 3.82. The minimum atomic E-state index is 0.323. The van der Waals surface area contributed by atoms with Gasteiger partial charge in [0.05, 0.1) is 5.69 Å². The van der Waals surface area contributed by atoms with Crippen molar-refractivity contribution in [3.63, 3.8) is 0 Å². The van der Waals surface area contributed by atoms with E-state index in [4.69, 9.17) is 4.98 Å². The van der Waals surface area contributed by atoms with E-state index in [0.717, 1.165) is 62.6 Å². The molecule has 2 aliphatic rings. The molecule has 3 aromatic rings. The van der Waals surface area contributed by atoms with Gasteiger partial charge in [-0.1, -0.05) is 36.4 Å². The van der Waals surface area contributed by atoms with E-state index in [1.54, 1.807) is 0 Å². The molecule has 0 N–H and O–H groups in total. The van der Waals surface area contributed by atoms with E-state index < -0.39 is 0 Å². The van der Waals surface area contributed by atoms with Gasteiger partial charge in [0, 0.05) is 44.4 Å². The topological polar surface area (TPSA) is 49.3 Å². The maximum absolute atomic E-state index is 12.1. The average molecular weight is 386 g/mol. The SMILES string of the molecule is O=C1CCCCN1CC1CCN(c2nccc(-c3ccc4ccccc4c3)n2)C1. The molecule has 5 nitrogen and oxygen atoms in total. The summed E-state index contributed by atoms with van der Waals surface area (Å²) in [7, 11) is 0. The normalized spacial score (nSPS) is 19.9. The van der Waals surface area contributed by atoms with Crippen molar-refractivity contribution < 1.29 is 4.79 Å². The van der Waals surface area contributed by atoms with Crippen LogP contribution in [0, 0.1) is 5.92 Å². The fraction of sp³-hybridized carbons (Fsp3) is 0.375. The molecule has 2 aromatic carbocycles. The number of likely N-dealkylation sites (tertiary alicyclic amines) is 1. The number of hydrogen-bond acceptors (Lipinski definition) is 4. The van der Waals surface area contributed by atoms with Gasteiger partial charge in [-0.2, -0.15) is 0 Å². The molecule has 29 heavy (non-hydrogen) atoms. The molecule has 5 rings (SSSR count). The molecule has 5 heteroatoms. The fourth-order valence-corrected chi connectivity index (χ4v) is 4.54. The second-order valence-corrected chi connectivity index (χ2v) is 8.20. The van der Waals surface area contributed by atoms with Crippen LogP contribution in [0.2, 0.25) is 0 Å². The highest BCUT2D eigenvalue weighted by Gasteiger charge is 2.28. The van der Waals surface area contributed by atoms with Gasteiger partial charge in [-0.05, 0) is 48.1 Å². The Morgan fingerprint density at radius 1 is 1.00 bits per heavy atom. The number of piperidine rings is 1. The van der Waals surface area contributed by atoms with Crippen LogP contribution in [0.5, 0.6) is 0 Å². The first kappa shape index (κ1) is 18.1. The molecule has 0 aliphatic carbocycles. The Balaban J connectivity index is 1.31. The van der Waals surface area contributed by atoms with Gasteiger partial charge >= 0.3 is 0 Å². The highest BCUT2D eigenvalue weighted by molar-refractivity contribution is 5.86. The molecule has 0 radical (unpaired) electrons. The van der Waals surface area contributed by atoms with Gasteiger partial charge in [0.15, 0.2) is 0 Å². The number of amides is 1. The Bertz CT molecular complexity index is 1030. The lowest BCUT2D eigenvalue weighted by molar-refractivity contribution is -0.133. The number of hydrogen-bond donors (Lipinski definition) is 0. The van der Waals surface area contributed by atoms with Crippen molar-refractivity contribution in [2.75, 3.05) is 31.1 Å². The number of fused-ring (bicyclic) bond motifs is 1. The van der Waals surface area contributed by atoms with Crippen molar-refractivity contribution in [1.29, 1.82) is 0 Å². The van der Waals surface area contributed by atoms with Crippen LogP contribution >= 0.6 is 0 Å². The lowest BCUT2D eigenvalue weighted by Crippen LogP contribution is -2.39. The molecular formula is C24H26N4O. The van der Waals surface area contributed by atoms with E-state index >= 15 is 0 Å². The van der Waals surface area contributed by atoms with E-state index in [-0.39, 0.29) is 0 Å². The molecule has 2 fully saturated rings. The molecule has 0 spiro atoms. The predicted octanol–water partition coefficient (Wildman–Crippen LogP) is 4.14. The second kappa shape index (κ2) is 7.82. The number of benzene rings is 2. The van der Waals surface area contributed by atoms with Crippen LogP contribution in [0.15, 0.2) is 54.7 Å². The van der Waals surface area contributed by atoms with E-state index in [2.05, 4.69) is 57.2 Å². The number of rotatable bonds is 4. The Hall–Kier alpha value is -2.95. The molecular weight excluding hydrogens is 360 g/mol. The van der Waals surface area contributed by atoms with Gasteiger partial charge < -0.3 is 9.80 Å². The van der Waals surface area contributed by atoms with E-state index in [0.29, 0.717) is 18.2 Å². The molecule has 0 bridgehead atoms.